The summed E-state index contributed by atoms with van der Waals surface area (Å²) >= 11 is 8.04. The first-order valence-corrected chi connectivity index (χ1v) is 29.3. The Bertz CT molecular complexity index is 2850. The summed E-state index contributed by atoms with van der Waals surface area (Å²) in [5, 5.41) is 26.9. The van der Waals surface area contributed by atoms with Crippen molar-refractivity contribution in [1.29, 1.82) is 0 Å². The summed E-state index contributed by atoms with van der Waals surface area (Å²) in [6.07, 6.45) is 2.41. The van der Waals surface area contributed by atoms with E-state index in [0.717, 1.165) is 53.3 Å². The number of halogens is 1. The normalized spacial score (nSPS) is 16.5. The molecule has 2 aliphatic heterocycles. The number of para-hydroxylation sites is 1. The molecular formula is C54H70ClN10O9PS. The molecule has 3 atom stereocenters. The monoisotopic (exact) mass is 1100 g/mol. The topological polar surface area (TPSA) is 239 Å². The van der Waals surface area contributed by atoms with Gasteiger partial charge < -0.3 is 60.3 Å². The third-order valence-electron chi connectivity index (χ3n) is 13.2. The van der Waals surface area contributed by atoms with Gasteiger partial charge in [-0.25, -0.2) is 9.97 Å². The standard InChI is InChI=1S/C54H70ClN10O9PS/c1-34-48(76-33-58-34)36-14-12-35(13-15-36)30-56-51(69)43-29-39(66)32-65(43)52(70)49(54(2,3)4)62-47(68)21-25-74-27-26-73-24-20-46(67)59-37-18-22-64(23-19-37)38-16-17-41(44(28-38)72-5)61-53-57-31-40(55)50(63-53)60-42-10-8-9-11-45(42)75(6,7)71/h8-17,28,31,33,37,39,43,49,66H,18-27,29-30,32H2,1-7H3,(H,56,69)(H,59,67)(H,62,68)(H2,57,60,61,63)/t39-,43+,49-/m1/s1. The van der Waals surface area contributed by atoms with E-state index < -0.39 is 36.7 Å². The summed E-state index contributed by atoms with van der Waals surface area (Å²) in [5.41, 5.74) is 6.28. The van der Waals surface area contributed by atoms with Crippen molar-refractivity contribution < 1.29 is 43.1 Å². The Morgan fingerprint density at radius 3 is 2.26 bits per heavy atom. The zero-order valence-corrected chi connectivity index (χ0v) is 46.7. The number of ether oxygens (including phenoxy) is 3. The van der Waals surface area contributed by atoms with Crippen LogP contribution in [-0.2, 0) is 39.8 Å². The molecule has 408 valence electrons. The number of rotatable bonds is 23. The van der Waals surface area contributed by atoms with Gasteiger partial charge in [-0.2, -0.15) is 4.98 Å². The van der Waals surface area contributed by atoms with Gasteiger partial charge in [-0.15, -0.1) is 11.3 Å². The van der Waals surface area contributed by atoms with Gasteiger partial charge in [0.15, 0.2) is 5.82 Å². The average molecular weight is 1100 g/mol. The molecule has 2 aliphatic rings. The molecular weight excluding hydrogens is 1030 g/mol. The second-order valence-electron chi connectivity index (χ2n) is 20.4. The molecule has 2 saturated heterocycles. The number of thiazole rings is 1. The van der Waals surface area contributed by atoms with Crippen LogP contribution in [0.4, 0.5) is 28.8 Å². The SMILES string of the molecule is COc1cc(N2CCC(NC(=O)CCOCCOCCC(=O)N[C@H](C(=O)N3C[C@H](O)C[C@H]3C(=O)NCc3ccc(-c4scnc4C)cc3)C(C)(C)C)CC2)ccc1Nc1ncc(Cl)c(Nc2ccccc2P(C)(C)=O)n1. The maximum Gasteiger partial charge on any atom is 0.246 e. The number of benzene rings is 3. The number of hydrogen-bond acceptors (Lipinski definition) is 16. The Morgan fingerprint density at radius 1 is 0.908 bits per heavy atom. The summed E-state index contributed by atoms with van der Waals surface area (Å²) in [5.74, 6) is -0.0562. The van der Waals surface area contributed by atoms with Gasteiger partial charge in [0.1, 0.15) is 30.0 Å². The van der Waals surface area contributed by atoms with E-state index in [4.69, 9.17) is 25.8 Å². The molecule has 2 aromatic heterocycles. The molecule has 0 aliphatic carbocycles. The Hall–Kier alpha value is -6.15. The number of aryl methyl sites for hydroxylation is 1. The van der Waals surface area contributed by atoms with Crippen LogP contribution in [0.5, 0.6) is 5.75 Å². The van der Waals surface area contributed by atoms with E-state index in [1.807, 2.05) is 99.9 Å². The molecule has 22 heteroatoms. The molecule has 3 aromatic carbocycles. The zero-order valence-electron chi connectivity index (χ0n) is 44.2. The van der Waals surface area contributed by atoms with Crippen LogP contribution in [0.1, 0.15) is 64.1 Å². The number of anilines is 5. The number of carbonyl (C=O) groups excluding carboxylic acids is 4. The third kappa shape index (κ3) is 15.7. The predicted octanol–water partition coefficient (Wildman–Crippen LogP) is 7.01. The molecule has 6 N–H and O–H groups in total. The second-order valence-corrected chi connectivity index (χ2v) is 24.8. The summed E-state index contributed by atoms with van der Waals surface area (Å²) < 4.78 is 30.0. The van der Waals surface area contributed by atoms with Gasteiger partial charge >= 0.3 is 0 Å². The van der Waals surface area contributed by atoms with E-state index in [2.05, 4.69) is 46.4 Å². The van der Waals surface area contributed by atoms with Crippen LogP contribution in [0, 0.1) is 12.3 Å². The number of nitrogens with zero attached hydrogens (tertiary/aromatic N) is 5. The number of aliphatic hydroxyl groups excluding tert-OH is 1. The van der Waals surface area contributed by atoms with Crippen LogP contribution in [0.15, 0.2) is 78.4 Å². The first-order chi connectivity index (χ1) is 36.3. The fraction of sp³-hybridized carbons (Fsp3) is 0.463. The number of aliphatic hydroxyl groups is 1. The Kier molecular flexibility index (Phi) is 19.9. The quantitative estimate of drug-likeness (QED) is 0.0285. The zero-order chi connectivity index (χ0) is 54.6. The molecule has 76 heavy (non-hydrogen) atoms. The minimum atomic E-state index is -2.58. The van der Waals surface area contributed by atoms with Crippen LogP contribution in [0.2, 0.25) is 5.02 Å². The molecule has 2 fully saturated rings. The molecule has 4 amide bonds. The molecule has 0 saturated carbocycles. The van der Waals surface area contributed by atoms with E-state index in [-0.39, 0.29) is 82.5 Å². The lowest BCUT2D eigenvalue weighted by molar-refractivity contribution is -0.144. The number of β-amino-alcohol motifs (C(OH)–C–C–N with tert-alkyl or cyclic N) is 1. The summed E-state index contributed by atoms with van der Waals surface area (Å²) in [6, 6.07) is 19.2. The van der Waals surface area contributed by atoms with Gasteiger partial charge in [-0.1, -0.05) is 68.8 Å². The van der Waals surface area contributed by atoms with Gasteiger partial charge in [0.2, 0.25) is 29.6 Å². The van der Waals surface area contributed by atoms with Crippen LogP contribution >= 0.6 is 30.1 Å². The van der Waals surface area contributed by atoms with E-state index >= 15 is 0 Å². The van der Waals surface area contributed by atoms with Crippen molar-refractivity contribution >= 4 is 87.8 Å². The number of piperidine rings is 1. The highest BCUT2D eigenvalue weighted by Gasteiger charge is 2.44. The lowest BCUT2D eigenvalue weighted by Crippen LogP contribution is -2.57. The molecule has 0 bridgehead atoms. The highest BCUT2D eigenvalue weighted by Crippen LogP contribution is 2.39. The molecule has 0 radical (unpaired) electrons. The summed E-state index contributed by atoms with van der Waals surface area (Å²) in [4.78, 5) is 71.4. The van der Waals surface area contributed by atoms with E-state index in [9.17, 15) is 28.8 Å². The first-order valence-electron chi connectivity index (χ1n) is 25.4. The number of methoxy groups -OCH3 is 1. The number of amides is 4. The lowest BCUT2D eigenvalue weighted by atomic mass is 9.85. The van der Waals surface area contributed by atoms with Crippen LogP contribution < -0.4 is 41.5 Å². The summed E-state index contributed by atoms with van der Waals surface area (Å²) in [6.45, 7) is 13.3. The Morgan fingerprint density at radius 2 is 1.61 bits per heavy atom. The predicted molar refractivity (Wildman–Crippen MR) is 298 cm³/mol. The third-order valence-corrected chi connectivity index (χ3v) is 16.0. The van der Waals surface area contributed by atoms with E-state index in [1.165, 1.54) is 11.1 Å². The molecule has 7 rings (SSSR count). The van der Waals surface area contributed by atoms with Crippen LogP contribution in [0.25, 0.3) is 10.4 Å². The lowest BCUT2D eigenvalue weighted by Gasteiger charge is -2.35. The fourth-order valence-electron chi connectivity index (χ4n) is 9.04. The van der Waals surface area contributed by atoms with Crippen molar-refractivity contribution in [2.24, 2.45) is 5.41 Å². The minimum absolute atomic E-state index is 0.00786. The van der Waals surface area contributed by atoms with Crippen LogP contribution in [0.3, 0.4) is 0 Å². The number of hydrogen-bond donors (Lipinski definition) is 6. The molecule has 4 heterocycles. The average Bonchev–Trinajstić information content (AvgIpc) is 4.02. The fourth-order valence-corrected chi connectivity index (χ4v) is 11.1. The number of likely N-dealkylation sites (tertiary alicyclic amines) is 1. The molecule has 0 unspecified atom stereocenters. The highest BCUT2D eigenvalue weighted by atomic mass is 35.5. The molecule has 19 nitrogen and oxygen atoms in total. The highest BCUT2D eigenvalue weighted by molar-refractivity contribution is 7.70. The Labute approximate surface area is 453 Å². The van der Waals surface area contributed by atoms with Crippen molar-refractivity contribution in [3.05, 3.63) is 94.7 Å². The molecule has 5 aromatic rings. The van der Waals surface area contributed by atoms with Crippen molar-refractivity contribution in [3.63, 3.8) is 0 Å². The van der Waals surface area contributed by atoms with E-state index in [1.54, 1.807) is 31.8 Å². The van der Waals surface area contributed by atoms with Crippen molar-refractivity contribution in [2.45, 2.75) is 90.6 Å². The van der Waals surface area contributed by atoms with Crippen molar-refractivity contribution in [2.75, 3.05) is 82.0 Å². The number of nitrogens with one attached hydrogen (secondary N) is 5. The second kappa shape index (κ2) is 26.3. The molecule has 0 spiro atoms. The Balaban J connectivity index is 0.772. The largest absolute Gasteiger partial charge is 0.494 e. The van der Waals surface area contributed by atoms with Crippen molar-refractivity contribution in [3.8, 4) is 16.2 Å². The summed E-state index contributed by atoms with van der Waals surface area (Å²) in [7, 11) is -0.985. The first kappa shape index (κ1) is 57.6. The van der Waals surface area contributed by atoms with Gasteiger partial charge in [0.25, 0.3) is 0 Å². The number of carbonyl (C=O) groups is 4. The van der Waals surface area contributed by atoms with E-state index in [0.29, 0.717) is 39.2 Å². The van der Waals surface area contributed by atoms with Gasteiger partial charge in [-0.3, -0.25) is 19.2 Å². The smallest absolute Gasteiger partial charge is 0.246 e. The van der Waals surface area contributed by atoms with Gasteiger partial charge in [0, 0.05) is 68.5 Å². The van der Waals surface area contributed by atoms with Gasteiger partial charge in [-0.05, 0) is 73.9 Å². The number of aromatic nitrogens is 3. The van der Waals surface area contributed by atoms with Crippen LogP contribution in [-0.4, -0.2) is 139 Å². The maximum atomic E-state index is 14.0. The van der Waals surface area contributed by atoms with Crippen molar-refractivity contribution in [1.82, 2.24) is 35.8 Å². The maximum absolute atomic E-state index is 14.0. The van der Waals surface area contributed by atoms with Gasteiger partial charge in [0.05, 0.1) is 73.3 Å². The minimum Gasteiger partial charge on any atom is -0.494 e.